The topological polar surface area (TPSA) is 167 Å². The molecule has 13 heteroatoms. The molecule has 1 aromatic carbocycles. The number of hydrogen-bond acceptors (Lipinski definition) is 8. The molecule has 12 nitrogen and oxygen atoms in total. The maximum absolute atomic E-state index is 13.9. The van der Waals surface area contributed by atoms with E-state index < -0.39 is 25.1 Å². The first-order valence-electron chi connectivity index (χ1n) is 11.0. The summed E-state index contributed by atoms with van der Waals surface area (Å²) in [5.41, 5.74) is 6.30. The fourth-order valence-electron chi connectivity index (χ4n) is 3.48. The summed E-state index contributed by atoms with van der Waals surface area (Å²) in [6.07, 6.45) is 2.31. The second-order valence-corrected chi connectivity index (χ2v) is 11.1. The highest BCUT2D eigenvalue weighted by Gasteiger charge is 2.37. The van der Waals surface area contributed by atoms with E-state index in [2.05, 4.69) is 25.1 Å². The summed E-state index contributed by atoms with van der Waals surface area (Å²) in [5.74, 6) is -0.152. The number of carboxylic acids is 1. The van der Waals surface area contributed by atoms with Gasteiger partial charge in [0.2, 0.25) is 7.44 Å². The van der Waals surface area contributed by atoms with Gasteiger partial charge in [-0.25, -0.2) is 25.1 Å². The molecule has 0 amide bonds. The third-order valence-electron chi connectivity index (χ3n) is 5.44. The van der Waals surface area contributed by atoms with E-state index >= 15 is 0 Å². The molecule has 190 valence electrons. The normalized spacial score (nSPS) is 15.5. The van der Waals surface area contributed by atoms with Gasteiger partial charge in [0, 0.05) is 6.04 Å². The second-order valence-electron chi connectivity index (χ2n) is 8.84. The van der Waals surface area contributed by atoms with Crippen molar-refractivity contribution in [1.82, 2.24) is 29.7 Å². The largest absolute Gasteiger partial charge is 0.497 e. The van der Waals surface area contributed by atoms with Crippen LogP contribution in [0.3, 0.4) is 0 Å². The molecule has 0 bridgehead atoms. The Hall–Kier alpha value is -3.05. The lowest BCUT2D eigenvalue weighted by Crippen LogP contribution is -2.47. The van der Waals surface area contributed by atoms with Crippen molar-refractivity contribution < 1.29 is 23.9 Å². The van der Waals surface area contributed by atoms with Gasteiger partial charge in [0.15, 0.2) is 11.5 Å². The van der Waals surface area contributed by atoms with Crippen molar-refractivity contribution in [2.24, 2.45) is 0 Å². The molecular weight excluding hydrogens is 473 g/mol. The van der Waals surface area contributed by atoms with Crippen molar-refractivity contribution >= 4 is 30.4 Å². The van der Waals surface area contributed by atoms with Crippen molar-refractivity contribution in [1.29, 1.82) is 0 Å². The first-order valence-corrected chi connectivity index (χ1v) is 12.9. The maximum atomic E-state index is 13.9. The van der Waals surface area contributed by atoms with Gasteiger partial charge in [-0.05, 0) is 45.4 Å². The Morgan fingerprint density at radius 1 is 1.23 bits per heavy atom. The fourth-order valence-corrected chi connectivity index (χ4v) is 5.92. The van der Waals surface area contributed by atoms with E-state index in [1.54, 1.807) is 30.1 Å². The minimum Gasteiger partial charge on any atom is -0.497 e. The zero-order valence-corrected chi connectivity index (χ0v) is 21.3. The molecule has 0 spiro atoms. The molecule has 3 aromatic rings. The zero-order valence-electron chi connectivity index (χ0n) is 20.4. The highest BCUT2D eigenvalue weighted by Crippen LogP contribution is 2.42. The number of nitrogens with zero attached hydrogens (tertiary/aromatic N) is 4. The summed E-state index contributed by atoms with van der Waals surface area (Å²) in [7, 11) is -1.96. The van der Waals surface area contributed by atoms with Crippen LogP contribution in [0.15, 0.2) is 36.9 Å². The number of ether oxygens (including phenoxy) is 2. The minimum atomic E-state index is -3.54. The lowest BCUT2D eigenvalue weighted by molar-refractivity contribution is -0.142. The average Bonchev–Trinajstić information content (AvgIpc) is 3.21. The monoisotopic (exact) mass is 505 g/mol. The molecule has 0 aliphatic carbocycles. The van der Waals surface area contributed by atoms with Crippen LogP contribution in [0.2, 0.25) is 0 Å². The Bertz CT molecular complexity index is 1210. The van der Waals surface area contributed by atoms with E-state index in [0.29, 0.717) is 23.5 Å². The number of carbonyl (C=O) groups is 1. The van der Waals surface area contributed by atoms with E-state index in [1.807, 2.05) is 26.0 Å². The molecule has 1 unspecified atom stereocenters. The summed E-state index contributed by atoms with van der Waals surface area (Å²) in [6.45, 7) is 6.92. The summed E-state index contributed by atoms with van der Waals surface area (Å²) in [6, 6.07) is 6.95. The van der Waals surface area contributed by atoms with Crippen LogP contribution in [0.5, 0.6) is 5.75 Å². The standard InChI is InChI=1S/C22H32N7O5P/c1-14(10-29-12-26-18-19(23)24-11-25-20(18)29)34-13-35(32,28-22(3,4)21(30)31)27-15(2)16-6-8-17(33-5)9-7-16/h6-9,11-12,14-15H,10,13H2,1-5H3,(H,30,31)(H2,23,24,25)(H2,27,28,32)/t14-,15+,35?/m1/s1. The quantitative estimate of drug-likeness (QED) is 0.267. The van der Waals surface area contributed by atoms with E-state index in [0.717, 1.165) is 5.56 Å². The third kappa shape index (κ3) is 6.55. The molecule has 2 aromatic heterocycles. The minimum absolute atomic E-state index is 0.241. The number of carboxylic acid groups (broad SMARTS) is 1. The lowest BCUT2D eigenvalue weighted by Gasteiger charge is -2.32. The van der Waals surface area contributed by atoms with Crippen molar-refractivity contribution in [3.05, 3.63) is 42.5 Å². The Labute approximate surface area is 203 Å². The number of nitrogens with one attached hydrogen (secondary N) is 2. The van der Waals surface area contributed by atoms with Gasteiger partial charge in [-0.1, -0.05) is 12.1 Å². The van der Waals surface area contributed by atoms with E-state index in [1.165, 1.54) is 20.2 Å². The predicted molar refractivity (Wildman–Crippen MR) is 132 cm³/mol. The van der Waals surface area contributed by atoms with Crippen LogP contribution in [-0.2, 0) is 20.6 Å². The van der Waals surface area contributed by atoms with Gasteiger partial charge in [-0.2, -0.15) is 0 Å². The van der Waals surface area contributed by atoms with Gasteiger partial charge in [0.05, 0.1) is 26.1 Å². The molecule has 0 saturated heterocycles. The number of nitrogens with two attached hydrogens (primary N) is 1. The fraction of sp³-hybridized carbons (Fsp3) is 0.455. The van der Waals surface area contributed by atoms with Crippen molar-refractivity contribution in [3.8, 4) is 5.75 Å². The Kier molecular flexibility index (Phi) is 8.11. The average molecular weight is 506 g/mol. The van der Waals surface area contributed by atoms with Crippen LogP contribution in [0.1, 0.15) is 39.3 Å². The van der Waals surface area contributed by atoms with Gasteiger partial charge in [0.25, 0.3) is 0 Å². The summed E-state index contributed by atoms with van der Waals surface area (Å²) in [4.78, 5) is 24.1. The Morgan fingerprint density at radius 2 is 1.91 bits per heavy atom. The number of anilines is 1. The van der Waals surface area contributed by atoms with Crippen molar-refractivity contribution in [2.45, 2.75) is 51.9 Å². The number of aromatic nitrogens is 4. The molecule has 0 aliphatic rings. The number of fused-ring (bicyclic) bond motifs is 1. The number of imidazole rings is 1. The third-order valence-corrected chi connectivity index (χ3v) is 7.67. The van der Waals surface area contributed by atoms with Gasteiger partial charge in [-0.15, -0.1) is 0 Å². The van der Waals surface area contributed by atoms with Gasteiger partial charge in [0.1, 0.15) is 29.5 Å². The molecule has 3 rings (SSSR count). The Balaban J connectivity index is 1.74. The SMILES string of the molecule is COc1ccc([C@H](C)NP(=O)(CO[C@H](C)Cn2cnc3c(N)ncnc32)NC(C)(C)C(=O)O)cc1. The van der Waals surface area contributed by atoms with Crippen LogP contribution in [0, 0.1) is 0 Å². The van der Waals surface area contributed by atoms with Crippen molar-refractivity contribution in [3.63, 3.8) is 0 Å². The molecule has 5 N–H and O–H groups in total. The molecule has 0 radical (unpaired) electrons. The number of aliphatic carboxylic acids is 1. The van der Waals surface area contributed by atoms with E-state index in [-0.39, 0.29) is 18.2 Å². The van der Waals surface area contributed by atoms with Crippen LogP contribution in [0.4, 0.5) is 5.82 Å². The number of benzene rings is 1. The second kappa shape index (κ2) is 10.7. The van der Waals surface area contributed by atoms with Gasteiger partial charge in [-0.3, -0.25) is 9.36 Å². The van der Waals surface area contributed by atoms with E-state index in [4.69, 9.17) is 15.2 Å². The van der Waals surface area contributed by atoms with Crippen molar-refractivity contribution in [2.75, 3.05) is 19.2 Å². The van der Waals surface area contributed by atoms with Gasteiger partial charge >= 0.3 is 5.97 Å². The molecule has 0 saturated carbocycles. The Morgan fingerprint density at radius 3 is 2.54 bits per heavy atom. The van der Waals surface area contributed by atoms with Gasteiger partial charge < -0.3 is 24.9 Å². The molecular formula is C22H32N7O5P. The summed E-state index contributed by atoms with van der Waals surface area (Å²) < 4.78 is 26.8. The van der Waals surface area contributed by atoms with Crippen LogP contribution in [0.25, 0.3) is 11.2 Å². The first kappa shape index (κ1) is 26.6. The maximum Gasteiger partial charge on any atom is 0.323 e. The number of nitrogen functional groups attached to an aromatic ring is 1. The molecule has 3 atom stereocenters. The number of hydrogen-bond donors (Lipinski definition) is 4. The van der Waals surface area contributed by atoms with Crippen LogP contribution < -0.4 is 20.6 Å². The first-order chi connectivity index (χ1) is 16.4. The highest BCUT2D eigenvalue weighted by atomic mass is 31.2. The summed E-state index contributed by atoms with van der Waals surface area (Å²) >= 11 is 0. The predicted octanol–water partition coefficient (Wildman–Crippen LogP) is 2.78. The van der Waals surface area contributed by atoms with Crippen LogP contribution in [-0.4, -0.2) is 55.7 Å². The summed E-state index contributed by atoms with van der Waals surface area (Å²) in [5, 5.41) is 15.4. The van der Waals surface area contributed by atoms with Crippen LogP contribution >= 0.6 is 7.44 Å². The van der Waals surface area contributed by atoms with E-state index in [9.17, 15) is 14.5 Å². The lowest BCUT2D eigenvalue weighted by atomic mass is 10.1. The molecule has 2 heterocycles. The molecule has 0 aliphatic heterocycles. The smallest absolute Gasteiger partial charge is 0.323 e. The molecule has 35 heavy (non-hydrogen) atoms. The molecule has 0 fully saturated rings. The highest BCUT2D eigenvalue weighted by molar-refractivity contribution is 7.59. The number of rotatable bonds is 12. The number of methoxy groups -OCH3 is 1. The zero-order chi connectivity index (χ0) is 25.8.